The molecule has 1 unspecified atom stereocenters. The molecule has 5 nitrogen and oxygen atoms in total. The van der Waals surface area contributed by atoms with Crippen molar-refractivity contribution in [3.63, 3.8) is 0 Å². The van der Waals surface area contributed by atoms with Crippen LogP contribution in [0.5, 0.6) is 0 Å². The number of rotatable bonds is 5. The molecule has 0 aromatic heterocycles. The maximum atomic E-state index is 12.2. The molecule has 1 aliphatic heterocycles. The average Bonchev–Trinajstić information content (AvgIpc) is 3.13. The van der Waals surface area contributed by atoms with Gasteiger partial charge in [-0.3, -0.25) is 9.59 Å². The zero-order chi connectivity index (χ0) is 17.6. The Kier molecular flexibility index (Phi) is 5.68. The number of halogens is 1. The van der Waals surface area contributed by atoms with E-state index in [9.17, 15) is 9.59 Å². The number of benzene rings is 2. The molecule has 2 aromatic carbocycles. The molecule has 2 N–H and O–H groups in total. The van der Waals surface area contributed by atoms with Gasteiger partial charge in [0, 0.05) is 35.0 Å². The van der Waals surface area contributed by atoms with Gasteiger partial charge in [-0.1, -0.05) is 17.7 Å². The van der Waals surface area contributed by atoms with Crippen LogP contribution in [0.2, 0.25) is 5.02 Å². The van der Waals surface area contributed by atoms with Crippen molar-refractivity contribution in [1.29, 1.82) is 0 Å². The number of nitrogens with one attached hydrogen (secondary N) is 2. The monoisotopic (exact) mass is 358 g/mol. The Morgan fingerprint density at radius 1 is 1.08 bits per heavy atom. The summed E-state index contributed by atoms with van der Waals surface area (Å²) >= 11 is 5.90. The molecule has 2 amide bonds. The van der Waals surface area contributed by atoms with Crippen LogP contribution in [0.3, 0.4) is 0 Å². The van der Waals surface area contributed by atoms with Crippen LogP contribution in [0.4, 0.5) is 5.69 Å². The molecule has 1 fully saturated rings. The molecule has 1 atom stereocenters. The average molecular weight is 359 g/mol. The van der Waals surface area contributed by atoms with Crippen LogP contribution in [-0.2, 0) is 4.74 Å². The number of anilines is 1. The first kappa shape index (κ1) is 17.5. The fraction of sp³-hybridized carbons (Fsp3) is 0.263. The van der Waals surface area contributed by atoms with Gasteiger partial charge in [-0.15, -0.1) is 0 Å². The minimum atomic E-state index is -0.256. The van der Waals surface area contributed by atoms with E-state index in [-0.39, 0.29) is 17.9 Å². The van der Waals surface area contributed by atoms with Crippen LogP contribution in [0.15, 0.2) is 48.5 Å². The lowest BCUT2D eigenvalue weighted by Crippen LogP contribution is -2.31. The third kappa shape index (κ3) is 4.81. The summed E-state index contributed by atoms with van der Waals surface area (Å²) in [4.78, 5) is 24.4. The minimum Gasteiger partial charge on any atom is -0.376 e. The maximum Gasteiger partial charge on any atom is 0.255 e. The van der Waals surface area contributed by atoms with Gasteiger partial charge in [0.15, 0.2) is 0 Å². The summed E-state index contributed by atoms with van der Waals surface area (Å²) in [6.07, 6.45) is 2.12. The number of ether oxygens (including phenoxy) is 1. The Labute approximate surface area is 151 Å². The Morgan fingerprint density at radius 2 is 1.80 bits per heavy atom. The molecule has 0 aliphatic carbocycles. The van der Waals surface area contributed by atoms with Gasteiger partial charge in [-0.05, 0) is 55.3 Å². The van der Waals surface area contributed by atoms with Gasteiger partial charge in [-0.25, -0.2) is 0 Å². The van der Waals surface area contributed by atoms with E-state index in [4.69, 9.17) is 16.3 Å². The van der Waals surface area contributed by atoms with Gasteiger partial charge in [0.25, 0.3) is 11.8 Å². The van der Waals surface area contributed by atoms with Gasteiger partial charge >= 0.3 is 0 Å². The van der Waals surface area contributed by atoms with E-state index in [1.807, 2.05) is 0 Å². The fourth-order valence-electron chi connectivity index (χ4n) is 2.66. The molecule has 2 aromatic rings. The van der Waals surface area contributed by atoms with Crippen molar-refractivity contribution < 1.29 is 14.3 Å². The fourth-order valence-corrected chi connectivity index (χ4v) is 2.85. The van der Waals surface area contributed by atoms with Gasteiger partial charge in [-0.2, -0.15) is 0 Å². The Morgan fingerprint density at radius 3 is 2.44 bits per heavy atom. The molecular formula is C19H19ClN2O3. The van der Waals surface area contributed by atoms with Gasteiger partial charge in [0.2, 0.25) is 0 Å². The summed E-state index contributed by atoms with van der Waals surface area (Å²) in [6.45, 7) is 1.27. The largest absolute Gasteiger partial charge is 0.376 e. The molecule has 130 valence electrons. The topological polar surface area (TPSA) is 67.4 Å². The lowest BCUT2D eigenvalue weighted by molar-refractivity contribution is 0.0857. The number of hydrogen-bond donors (Lipinski definition) is 2. The highest BCUT2D eigenvalue weighted by Gasteiger charge is 2.17. The predicted molar refractivity (Wildman–Crippen MR) is 97.2 cm³/mol. The Hall–Kier alpha value is -2.37. The minimum absolute atomic E-state index is 0.103. The summed E-state index contributed by atoms with van der Waals surface area (Å²) in [7, 11) is 0. The molecular weight excluding hydrogens is 340 g/mol. The molecule has 1 heterocycles. The summed E-state index contributed by atoms with van der Waals surface area (Å²) in [5.74, 6) is -0.425. The van der Waals surface area contributed by atoms with Crippen molar-refractivity contribution in [3.8, 4) is 0 Å². The van der Waals surface area contributed by atoms with Crippen molar-refractivity contribution >= 4 is 29.1 Å². The zero-order valence-electron chi connectivity index (χ0n) is 13.6. The van der Waals surface area contributed by atoms with Gasteiger partial charge in [0.05, 0.1) is 6.10 Å². The molecule has 1 saturated heterocycles. The van der Waals surface area contributed by atoms with Crippen molar-refractivity contribution in [2.45, 2.75) is 18.9 Å². The second-order valence-electron chi connectivity index (χ2n) is 5.89. The highest BCUT2D eigenvalue weighted by atomic mass is 35.5. The number of carbonyl (C=O) groups is 2. The molecule has 0 saturated carbocycles. The highest BCUT2D eigenvalue weighted by Crippen LogP contribution is 2.16. The lowest BCUT2D eigenvalue weighted by Gasteiger charge is -2.11. The molecule has 0 bridgehead atoms. The van der Waals surface area contributed by atoms with E-state index in [0.29, 0.717) is 28.4 Å². The summed E-state index contributed by atoms with van der Waals surface area (Å²) in [5, 5.41) is 6.18. The van der Waals surface area contributed by atoms with E-state index in [1.165, 1.54) is 0 Å². The predicted octanol–water partition coefficient (Wildman–Crippen LogP) is 3.50. The number of hydrogen-bond acceptors (Lipinski definition) is 3. The van der Waals surface area contributed by atoms with E-state index in [0.717, 1.165) is 19.4 Å². The quantitative estimate of drug-likeness (QED) is 0.859. The number of carbonyl (C=O) groups excluding carboxylic acids is 2. The zero-order valence-corrected chi connectivity index (χ0v) is 14.4. The standard InChI is InChI=1S/C19H19ClN2O3/c20-15-3-1-4-16(11-15)22-19(24)14-8-6-13(7-9-14)18(23)21-12-17-5-2-10-25-17/h1,3-4,6-9,11,17H,2,5,10,12H2,(H,21,23)(H,22,24). The van der Waals surface area contributed by atoms with Crippen LogP contribution >= 0.6 is 11.6 Å². The summed E-state index contributed by atoms with van der Waals surface area (Å²) in [6, 6.07) is 13.5. The Bertz CT molecular complexity index is 756. The third-order valence-corrected chi connectivity index (χ3v) is 4.24. The van der Waals surface area contributed by atoms with Crippen LogP contribution < -0.4 is 10.6 Å². The van der Waals surface area contributed by atoms with Gasteiger partial charge < -0.3 is 15.4 Å². The summed E-state index contributed by atoms with van der Waals surface area (Å²) < 4.78 is 5.48. The molecule has 6 heteroatoms. The smallest absolute Gasteiger partial charge is 0.255 e. The van der Waals surface area contributed by atoms with E-state index in [2.05, 4.69) is 10.6 Å². The Balaban J connectivity index is 1.57. The first-order valence-electron chi connectivity index (χ1n) is 8.18. The van der Waals surface area contributed by atoms with Crippen LogP contribution in [0, 0.1) is 0 Å². The molecule has 25 heavy (non-hydrogen) atoms. The van der Waals surface area contributed by atoms with Crippen LogP contribution in [-0.4, -0.2) is 31.1 Å². The van der Waals surface area contributed by atoms with Crippen molar-refractivity contribution in [2.24, 2.45) is 0 Å². The van der Waals surface area contributed by atoms with Crippen molar-refractivity contribution in [3.05, 3.63) is 64.7 Å². The molecule has 0 spiro atoms. The first-order chi connectivity index (χ1) is 12.1. The van der Waals surface area contributed by atoms with E-state index in [1.54, 1.807) is 48.5 Å². The van der Waals surface area contributed by atoms with Gasteiger partial charge in [0.1, 0.15) is 0 Å². The molecule has 0 radical (unpaired) electrons. The van der Waals surface area contributed by atoms with E-state index >= 15 is 0 Å². The second-order valence-corrected chi connectivity index (χ2v) is 6.32. The van der Waals surface area contributed by atoms with Crippen molar-refractivity contribution in [1.82, 2.24) is 5.32 Å². The third-order valence-electron chi connectivity index (χ3n) is 4.01. The second kappa shape index (κ2) is 8.14. The highest BCUT2D eigenvalue weighted by molar-refractivity contribution is 6.31. The summed E-state index contributed by atoms with van der Waals surface area (Å²) in [5.41, 5.74) is 1.60. The first-order valence-corrected chi connectivity index (χ1v) is 8.56. The lowest BCUT2D eigenvalue weighted by atomic mass is 10.1. The van der Waals surface area contributed by atoms with E-state index < -0.39 is 0 Å². The van der Waals surface area contributed by atoms with Crippen LogP contribution in [0.25, 0.3) is 0 Å². The van der Waals surface area contributed by atoms with Crippen molar-refractivity contribution in [2.75, 3.05) is 18.5 Å². The normalized spacial score (nSPS) is 16.4. The number of amides is 2. The molecule has 1 aliphatic rings. The SMILES string of the molecule is O=C(NCC1CCCO1)c1ccc(C(=O)Nc2cccc(Cl)c2)cc1. The van der Waals surface area contributed by atoms with Crippen LogP contribution in [0.1, 0.15) is 33.6 Å². The molecule has 3 rings (SSSR count). The maximum absolute atomic E-state index is 12.2.